The van der Waals surface area contributed by atoms with Crippen LogP contribution in [0, 0.1) is 5.92 Å². The summed E-state index contributed by atoms with van der Waals surface area (Å²) in [4.78, 5) is 18.7. The van der Waals surface area contributed by atoms with Crippen LogP contribution in [0.1, 0.15) is 95.4 Å². The molecule has 2 atom stereocenters. The molecule has 1 saturated carbocycles. The SMILES string of the molecule is CCCCc1cn(C2CCCCCCC2CCC)c(=O)n1Cc1ccc(-c2ccccc2-c2nn[nH]n2)nc1. The number of hydrogen-bond donors (Lipinski definition) is 1. The molecule has 0 radical (unpaired) electrons. The Morgan fingerprint density at radius 3 is 2.51 bits per heavy atom. The highest BCUT2D eigenvalue weighted by molar-refractivity contribution is 5.78. The van der Waals surface area contributed by atoms with E-state index in [4.69, 9.17) is 4.98 Å². The summed E-state index contributed by atoms with van der Waals surface area (Å²) in [7, 11) is 0. The van der Waals surface area contributed by atoms with Crippen LogP contribution in [-0.2, 0) is 13.0 Å². The topological polar surface area (TPSA) is 94.3 Å². The van der Waals surface area contributed by atoms with E-state index >= 15 is 0 Å². The third-order valence-corrected chi connectivity index (χ3v) is 8.21. The average molecular weight is 528 g/mol. The first-order valence-electron chi connectivity index (χ1n) is 14.8. The van der Waals surface area contributed by atoms with Crippen molar-refractivity contribution in [1.29, 1.82) is 0 Å². The number of imidazole rings is 1. The molecule has 1 aliphatic rings. The Kier molecular flexibility index (Phi) is 9.01. The van der Waals surface area contributed by atoms with Crippen molar-refractivity contribution >= 4 is 0 Å². The molecule has 0 amide bonds. The van der Waals surface area contributed by atoms with Crippen molar-refractivity contribution < 1.29 is 0 Å². The lowest BCUT2D eigenvalue weighted by molar-refractivity contribution is 0.241. The molecule has 1 N–H and O–H groups in total. The number of tetrazole rings is 1. The Bertz CT molecular complexity index is 1370. The van der Waals surface area contributed by atoms with Crippen molar-refractivity contribution in [2.45, 2.75) is 97.1 Å². The zero-order valence-electron chi connectivity index (χ0n) is 23.4. The lowest BCUT2D eigenvalue weighted by atomic mass is 9.84. The van der Waals surface area contributed by atoms with Gasteiger partial charge in [-0.2, -0.15) is 5.21 Å². The number of nitrogens with zero attached hydrogens (tertiary/aromatic N) is 6. The normalized spacial score (nSPS) is 18.1. The fourth-order valence-electron chi connectivity index (χ4n) is 6.16. The quantitative estimate of drug-likeness (QED) is 0.251. The fourth-order valence-corrected chi connectivity index (χ4v) is 6.16. The van der Waals surface area contributed by atoms with Gasteiger partial charge in [-0.25, -0.2) is 4.79 Å². The largest absolute Gasteiger partial charge is 0.328 e. The van der Waals surface area contributed by atoms with Gasteiger partial charge in [-0.3, -0.25) is 14.1 Å². The zero-order valence-corrected chi connectivity index (χ0v) is 23.4. The van der Waals surface area contributed by atoms with Gasteiger partial charge in [-0.1, -0.05) is 82.7 Å². The molecule has 1 fully saturated rings. The van der Waals surface area contributed by atoms with Gasteiger partial charge >= 0.3 is 5.69 Å². The van der Waals surface area contributed by atoms with E-state index in [-0.39, 0.29) is 5.69 Å². The van der Waals surface area contributed by atoms with Crippen molar-refractivity contribution in [3.05, 3.63) is 70.5 Å². The van der Waals surface area contributed by atoms with Gasteiger partial charge in [0.15, 0.2) is 0 Å². The molecule has 39 heavy (non-hydrogen) atoms. The van der Waals surface area contributed by atoms with Crippen molar-refractivity contribution in [3.8, 4) is 22.6 Å². The summed E-state index contributed by atoms with van der Waals surface area (Å²) in [6, 6.07) is 12.3. The molecule has 0 saturated heterocycles. The van der Waals surface area contributed by atoms with Gasteiger partial charge in [0.25, 0.3) is 0 Å². The molecule has 0 bridgehead atoms. The molecule has 2 unspecified atom stereocenters. The second-order valence-corrected chi connectivity index (χ2v) is 10.9. The number of aromatic nitrogens is 7. The van der Waals surface area contributed by atoms with Gasteiger partial charge in [0, 0.05) is 35.3 Å². The van der Waals surface area contributed by atoms with E-state index in [1.165, 1.54) is 44.9 Å². The van der Waals surface area contributed by atoms with Crippen molar-refractivity contribution in [2.75, 3.05) is 0 Å². The molecule has 3 aromatic heterocycles. The standard InChI is InChI=1S/C31H41N7O/c1-3-5-14-25-22-38(29-17-9-7-6-8-13-24(29)12-4-2)31(39)37(25)21-23-18-19-28(32-20-23)26-15-10-11-16-27(26)30-33-35-36-34-30/h10-11,15-16,18-20,22,24,29H,3-9,12-14,17,21H2,1-2H3,(H,33,34,35,36). The molecule has 8 nitrogen and oxygen atoms in total. The van der Waals surface area contributed by atoms with Crippen LogP contribution in [0.4, 0.5) is 0 Å². The molecular formula is C31H41N7O. The van der Waals surface area contributed by atoms with Gasteiger partial charge in [-0.05, 0) is 54.9 Å². The molecule has 0 aliphatic heterocycles. The maximum atomic E-state index is 14.0. The van der Waals surface area contributed by atoms with Crippen LogP contribution >= 0.6 is 0 Å². The van der Waals surface area contributed by atoms with Crippen molar-refractivity contribution in [3.63, 3.8) is 0 Å². The summed E-state index contributed by atoms with van der Waals surface area (Å²) in [5.41, 5.74) is 4.97. The minimum atomic E-state index is 0.138. The Morgan fingerprint density at radius 1 is 0.974 bits per heavy atom. The average Bonchev–Trinajstić information content (AvgIpc) is 3.59. The van der Waals surface area contributed by atoms with E-state index in [1.54, 1.807) is 0 Å². The predicted molar refractivity (Wildman–Crippen MR) is 154 cm³/mol. The fraction of sp³-hybridized carbons (Fsp3) is 0.516. The summed E-state index contributed by atoms with van der Waals surface area (Å²) in [5, 5.41) is 14.5. The van der Waals surface area contributed by atoms with E-state index in [1.807, 2.05) is 41.1 Å². The monoisotopic (exact) mass is 527 g/mol. The number of unbranched alkanes of at least 4 members (excludes halogenated alkanes) is 1. The van der Waals surface area contributed by atoms with Gasteiger partial charge in [-0.15, -0.1) is 10.2 Å². The summed E-state index contributed by atoms with van der Waals surface area (Å²) in [6.07, 6.45) is 17.0. The molecular weight excluding hydrogens is 486 g/mol. The Labute approximate surface area is 230 Å². The number of H-pyrrole nitrogens is 1. The molecule has 1 aromatic carbocycles. The first-order valence-corrected chi connectivity index (χ1v) is 14.8. The van der Waals surface area contributed by atoms with Crippen LogP contribution in [0.5, 0.6) is 0 Å². The molecule has 5 rings (SSSR count). The van der Waals surface area contributed by atoms with Gasteiger partial charge in [0.05, 0.1) is 12.2 Å². The first-order chi connectivity index (χ1) is 19.2. The Morgan fingerprint density at radius 2 is 1.79 bits per heavy atom. The third kappa shape index (κ3) is 6.21. The van der Waals surface area contributed by atoms with E-state index < -0.39 is 0 Å². The highest BCUT2D eigenvalue weighted by Crippen LogP contribution is 2.34. The van der Waals surface area contributed by atoms with Crippen LogP contribution in [0.2, 0.25) is 0 Å². The summed E-state index contributed by atoms with van der Waals surface area (Å²) < 4.78 is 4.11. The van der Waals surface area contributed by atoms with Crippen LogP contribution < -0.4 is 5.69 Å². The second-order valence-electron chi connectivity index (χ2n) is 10.9. The maximum absolute atomic E-state index is 14.0. The highest BCUT2D eigenvalue weighted by Gasteiger charge is 2.27. The van der Waals surface area contributed by atoms with Gasteiger partial charge in [0.2, 0.25) is 5.82 Å². The van der Waals surface area contributed by atoms with E-state index in [0.717, 1.165) is 53.8 Å². The zero-order chi connectivity index (χ0) is 27.0. The smallest absolute Gasteiger partial charge is 0.296 e. The number of hydrogen-bond acceptors (Lipinski definition) is 5. The van der Waals surface area contributed by atoms with Crippen LogP contribution in [-0.4, -0.2) is 34.7 Å². The lowest BCUT2D eigenvalue weighted by Crippen LogP contribution is -2.32. The molecule has 206 valence electrons. The molecule has 3 heterocycles. The molecule has 8 heteroatoms. The number of aryl methyl sites for hydroxylation is 1. The number of rotatable bonds is 10. The van der Waals surface area contributed by atoms with E-state index in [2.05, 4.69) is 51.3 Å². The minimum absolute atomic E-state index is 0.138. The minimum Gasteiger partial charge on any atom is -0.296 e. The molecule has 0 spiro atoms. The first kappa shape index (κ1) is 27.0. The number of nitrogens with one attached hydrogen (secondary N) is 1. The highest BCUT2D eigenvalue weighted by atomic mass is 16.1. The molecule has 4 aromatic rings. The van der Waals surface area contributed by atoms with Gasteiger partial charge < -0.3 is 0 Å². The van der Waals surface area contributed by atoms with Crippen LogP contribution in [0.3, 0.4) is 0 Å². The maximum Gasteiger partial charge on any atom is 0.328 e. The third-order valence-electron chi connectivity index (χ3n) is 8.21. The number of aromatic amines is 1. The lowest BCUT2D eigenvalue weighted by Gasteiger charge is -2.29. The predicted octanol–water partition coefficient (Wildman–Crippen LogP) is 6.59. The summed E-state index contributed by atoms with van der Waals surface area (Å²) >= 11 is 0. The van der Waals surface area contributed by atoms with Crippen LogP contribution in [0.15, 0.2) is 53.6 Å². The van der Waals surface area contributed by atoms with Crippen molar-refractivity contribution in [2.24, 2.45) is 5.92 Å². The number of benzene rings is 1. The Balaban J connectivity index is 1.44. The summed E-state index contributed by atoms with van der Waals surface area (Å²) in [5.74, 6) is 1.13. The summed E-state index contributed by atoms with van der Waals surface area (Å²) in [6.45, 7) is 5.02. The van der Waals surface area contributed by atoms with Crippen LogP contribution in [0.25, 0.3) is 22.6 Å². The second kappa shape index (κ2) is 13.0. The number of pyridine rings is 1. The van der Waals surface area contributed by atoms with Gasteiger partial charge in [0.1, 0.15) is 0 Å². The molecule has 1 aliphatic carbocycles. The van der Waals surface area contributed by atoms with E-state index in [0.29, 0.717) is 24.3 Å². The van der Waals surface area contributed by atoms with E-state index in [9.17, 15) is 4.79 Å². The Hall–Kier alpha value is -3.55. The van der Waals surface area contributed by atoms with Crippen molar-refractivity contribution in [1.82, 2.24) is 34.7 Å².